The molecule has 0 aromatic carbocycles. The number of halogens is 1. The van der Waals surface area contributed by atoms with Crippen molar-refractivity contribution in [2.45, 2.75) is 51.5 Å². The van der Waals surface area contributed by atoms with Crippen LogP contribution in [0.15, 0.2) is 0 Å². The summed E-state index contributed by atoms with van der Waals surface area (Å²) < 4.78 is 5.77. The molecule has 4 heteroatoms. The normalized spacial score (nSPS) is 23.5. The minimum Gasteiger partial charge on any atom is -0.380 e. The van der Waals surface area contributed by atoms with E-state index in [1.165, 1.54) is 45.2 Å². The summed E-state index contributed by atoms with van der Waals surface area (Å²) in [6.45, 7) is 10.9. The molecule has 1 heterocycles. The highest BCUT2D eigenvalue weighted by molar-refractivity contribution is 5.85. The Bertz CT molecular complexity index is 234. The van der Waals surface area contributed by atoms with Gasteiger partial charge in [0.05, 0.1) is 6.61 Å². The molecular formula is C15H31ClN2O. The van der Waals surface area contributed by atoms with Crippen molar-refractivity contribution in [3.05, 3.63) is 0 Å². The maximum Gasteiger partial charge on any atom is 0.0593 e. The van der Waals surface area contributed by atoms with Gasteiger partial charge < -0.3 is 10.1 Å². The first-order valence-electron chi connectivity index (χ1n) is 7.76. The number of nitrogens with zero attached hydrogens (tertiary/aromatic N) is 1. The van der Waals surface area contributed by atoms with Gasteiger partial charge in [-0.3, -0.25) is 4.90 Å². The van der Waals surface area contributed by atoms with Crippen LogP contribution in [0.4, 0.5) is 0 Å². The number of hydrogen-bond donors (Lipinski definition) is 1. The van der Waals surface area contributed by atoms with Gasteiger partial charge in [-0.1, -0.05) is 33.1 Å². The van der Waals surface area contributed by atoms with Crippen LogP contribution in [-0.4, -0.2) is 49.8 Å². The van der Waals surface area contributed by atoms with E-state index in [2.05, 4.69) is 24.1 Å². The second kappa shape index (κ2) is 8.46. The topological polar surface area (TPSA) is 24.5 Å². The zero-order chi connectivity index (χ0) is 12.8. The summed E-state index contributed by atoms with van der Waals surface area (Å²) in [4.78, 5) is 2.71. The van der Waals surface area contributed by atoms with E-state index >= 15 is 0 Å². The first-order chi connectivity index (χ1) is 8.73. The van der Waals surface area contributed by atoms with Crippen molar-refractivity contribution < 1.29 is 4.74 Å². The molecule has 1 spiro atoms. The number of piperazine rings is 1. The fraction of sp³-hybridized carbons (Fsp3) is 1.00. The van der Waals surface area contributed by atoms with E-state index in [-0.39, 0.29) is 12.4 Å². The van der Waals surface area contributed by atoms with Gasteiger partial charge in [-0.25, -0.2) is 0 Å². The molecule has 19 heavy (non-hydrogen) atoms. The number of rotatable bonds is 5. The summed E-state index contributed by atoms with van der Waals surface area (Å²) in [6, 6.07) is 0. The van der Waals surface area contributed by atoms with Crippen LogP contribution in [0.1, 0.15) is 46.0 Å². The Balaban J connectivity index is 0.00000180. The van der Waals surface area contributed by atoms with Crippen LogP contribution >= 0.6 is 12.4 Å². The Labute approximate surface area is 124 Å². The lowest BCUT2D eigenvalue weighted by Gasteiger charge is -2.50. The Hall–Kier alpha value is 0.170. The van der Waals surface area contributed by atoms with Crippen LogP contribution in [0.2, 0.25) is 0 Å². The molecule has 0 aromatic heterocycles. The molecule has 1 aliphatic heterocycles. The van der Waals surface area contributed by atoms with Crippen LogP contribution in [0.25, 0.3) is 0 Å². The molecule has 0 radical (unpaired) electrons. The lowest BCUT2D eigenvalue weighted by Crippen LogP contribution is -2.62. The third-order valence-electron chi connectivity index (χ3n) is 4.42. The SMILES string of the molecule is CC(C)COCCN1CCNCC12CCCCC2.Cl. The third-order valence-corrected chi connectivity index (χ3v) is 4.42. The van der Waals surface area contributed by atoms with Gasteiger partial charge in [-0.15, -0.1) is 12.4 Å². The summed E-state index contributed by atoms with van der Waals surface area (Å²) >= 11 is 0. The summed E-state index contributed by atoms with van der Waals surface area (Å²) in [6.07, 6.45) is 7.00. The molecule has 114 valence electrons. The van der Waals surface area contributed by atoms with Gasteiger partial charge in [0.15, 0.2) is 0 Å². The van der Waals surface area contributed by atoms with Crippen LogP contribution in [0, 0.1) is 5.92 Å². The molecule has 2 rings (SSSR count). The molecule has 1 N–H and O–H groups in total. The van der Waals surface area contributed by atoms with Crippen molar-refractivity contribution in [1.29, 1.82) is 0 Å². The first-order valence-corrected chi connectivity index (χ1v) is 7.76. The molecule has 1 saturated heterocycles. The summed E-state index contributed by atoms with van der Waals surface area (Å²) in [5, 5.41) is 3.60. The molecule has 0 atom stereocenters. The van der Waals surface area contributed by atoms with Gasteiger partial charge in [0.25, 0.3) is 0 Å². The molecule has 0 amide bonds. The van der Waals surface area contributed by atoms with E-state index in [1.807, 2.05) is 0 Å². The molecule has 3 nitrogen and oxygen atoms in total. The van der Waals surface area contributed by atoms with Crippen molar-refractivity contribution in [2.24, 2.45) is 5.92 Å². The lowest BCUT2D eigenvalue weighted by molar-refractivity contribution is -0.00111. The van der Waals surface area contributed by atoms with Gasteiger partial charge in [0, 0.05) is 38.3 Å². The highest BCUT2D eigenvalue weighted by atomic mass is 35.5. The molecular weight excluding hydrogens is 260 g/mol. The van der Waals surface area contributed by atoms with Crippen molar-refractivity contribution in [1.82, 2.24) is 10.2 Å². The smallest absolute Gasteiger partial charge is 0.0593 e. The lowest BCUT2D eigenvalue weighted by atomic mass is 9.79. The highest BCUT2D eigenvalue weighted by Gasteiger charge is 2.39. The molecule has 2 aliphatic rings. The fourth-order valence-electron chi connectivity index (χ4n) is 3.43. The average Bonchev–Trinajstić information content (AvgIpc) is 2.37. The van der Waals surface area contributed by atoms with E-state index < -0.39 is 0 Å². The minimum absolute atomic E-state index is 0. The van der Waals surface area contributed by atoms with Gasteiger partial charge in [0.2, 0.25) is 0 Å². The predicted octanol–water partition coefficient (Wildman–Crippen LogP) is 2.69. The number of nitrogens with one attached hydrogen (secondary N) is 1. The van der Waals surface area contributed by atoms with Gasteiger partial charge in [0.1, 0.15) is 0 Å². The van der Waals surface area contributed by atoms with Gasteiger partial charge in [-0.2, -0.15) is 0 Å². The molecule has 0 aromatic rings. The summed E-state index contributed by atoms with van der Waals surface area (Å²) in [5.74, 6) is 0.650. The fourth-order valence-corrected chi connectivity index (χ4v) is 3.43. The quantitative estimate of drug-likeness (QED) is 0.788. The van der Waals surface area contributed by atoms with Crippen LogP contribution < -0.4 is 5.32 Å². The number of hydrogen-bond acceptors (Lipinski definition) is 3. The zero-order valence-corrected chi connectivity index (χ0v) is 13.4. The van der Waals surface area contributed by atoms with E-state index in [0.717, 1.165) is 26.3 Å². The second-order valence-corrected chi connectivity index (χ2v) is 6.42. The van der Waals surface area contributed by atoms with Crippen LogP contribution in [0.5, 0.6) is 0 Å². The second-order valence-electron chi connectivity index (χ2n) is 6.42. The average molecular weight is 291 g/mol. The van der Waals surface area contributed by atoms with Gasteiger partial charge in [-0.05, 0) is 18.8 Å². The molecule has 1 aliphatic carbocycles. The maximum atomic E-state index is 5.77. The van der Waals surface area contributed by atoms with E-state index in [9.17, 15) is 0 Å². The molecule has 1 saturated carbocycles. The largest absolute Gasteiger partial charge is 0.380 e. The predicted molar refractivity (Wildman–Crippen MR) is 83.2 cm³/mol. The summed E-state index contributed by atoms with van der Waals surface area (Å²) in [5.41, 5.74) is 0.456. The Morgan fingerprint density at radius 1 is 1.21 bits per heavy atom. The maximum absolute atomic E-state index is 5.77. The third kappa shape index (κ3) is 4.89. The first kappa shape index (κ1) is 17.2. The minimum atomic E-state index is 0. The van der Waals surface area contributed by atoms with Crippen LogP contribution in [0.3, 0.4) is 0 Å². The number of ether oxygens (including phenoxy) is 1. The summed E-state index contributed by atoms with van der Waals surface area (Å²) in [7, 11) is 0. The Kier molecular flexibility index (Phi) is 7.66. The van der Waals surface area contributed by atoms with Crippen molar-refractivity contribution in [2.75, 3.05) is 39.4 Å². The molecule has 0 bridgehead atoms. The van der Waals surface area contributed by atoms with E-state index in [4.69, 9.17) is 4.74 Å². The van der Waals surface area contributed by atoms with Crippen molar-refractivity contribution >= 4 is 12.4 Å². The zero-order valence-electron chi connectivity index (χ0n) is 12.6. The monoisotopic (exact) mass is 290 g/mol. The molecule has 0 unspecified atom stereocenters. The standard InChI is InChI=1S/C15H30N2O.ClH/c1-14(2)12-18-11-10-17-9-8-16-13-15(17)6-4-3-5-7-15;/h14,16H,3-13H2,1-2H3;1H. The highest BCUT2D eigenvalue weighted by Crippen LogP contribution is 2.34. The molecule has 2 fully saturated rings. The van der Waals surface area contributed by atoms with E-state index in [1.54, 1.807) is 0 Å². The van der Waals surface area contributed by atoms with Crippen molar-refractivity contribution in [3.63, 3.8) is 0 Å². The Morgan fingerprint density at radius 2 is 1.95 bits per heavy atom. The van der Waals surface area contributed by atoms with Gasteiger partial charge >= 0.3 is 0 Å². The van der Waals surface area contributed by atoms with E-state index in [0.29, 0.717) is 11.5 Å². The van der Waals surface area contributed by atoms with Crippen LogP contribution in [-0.2, 0) is 4.74 Å². The Morgan fingerprint density at radius 3 is 2.63 bits per heavy atom. The van der Waals surface area contributed by atoms with Crippen molar-refractivity contribution in [3.8, 4) is 0 Å².